The van der Waals surface area contributed by atoms with Crippen molar-refractivity contribution in [3.05, 3.63) is 5.21 Å². The number of alkyl halides is 1. The third-order valence-corrected chi connectivity index (χ3v) is 1.04. The molecule has 0 spiro atoms. The number of likely N-dealkylation sites (N-methyl/N-ethyl adjacent to an activating group) is 1. The summed E-state index contributed by atoms with van der Waals surface area (Å²) < 4.78 is 0. The highest BCUT2D eigenvalue weighted by atomic mass is 35.5. The van der Waals surface area contributed by atoms with E-state index in [0.29, 0.717) is 5.28 Å². The van der Waals surface area contributed by atoms with Crippen LogP contribution in [0.1, 0.15) is 0 Å². The lowest BCUT2D eigenvalue weighted by Gasteiger charge is -2.35. The molecular weight excluding hydrogens is 174 g/mol. The number of rotatable bonds is 6. The Morgan fingerprint density at radius 1 is 1.73 bits per heavy atom. The highest BCUT2D eigenvalue weighted by molar-refractivity contribution is 6.17. The number of aliphatic hydroxyl groups excluding tert-OH is 1. The molecule has 0 atom stereocenters. The van der Waals surface area contributed by atoms with Gasteiger partial charge in [0.15, 0.2) is 0 Å². The molecule has 6 nitrogen and oxygen atoms in total. The maximum atomic E-state index is 10.7. The Hall–Kier alpha value is 0.0500. The van der Waals surface area contributed by atoms with Crippen LogP contribution in [0.4, 0.5) is 0 Å². The monoisotopic (exact) mass is 184 g/mol. The molecule has 0 amide bonds. The minimum Gasteiger partial charge on any atom is -0.756 e. The van der Waals surface area contributed by atoms with Gasteiger partial charge in [-0.1, -0.05) is 11.6 Å². The standard InChI is InChI=1S/C4H11ClN3O3/c1-7(2-3-9)8(10)6-11-4-5/h6,9H,2-4H2,1H3/q-1. The van der Waals surface area contributed by atoms with Crippen LogP contribution in [0.3, 0.4) is 0 Å². The van der Waals surface area contributed by atoms with Crippen LogP contribution >= 0.6 is 11.6 Å². The van der Waals surface area contributed by atoms with Crippen LogP contribution in [-0.4, -0.2) is 41.7 Å². The van der Waals surface area contributed by atoms with E-state index in [1.165, 1.54) is 12.1 Å². The summed E-state index contributed by atoms with van der Waals surface area (Å²) in [6.45, 7) is 0.125. The molecule has 0 saturated carbocycles. The van der Waals surface area contributed by atoms with Gasteiger partial charge in [-0.3, -0.25) is 4.84 Å². The van der Waals surface area contributed by atoms with Gasteiger partial charge in [0.1, 0.15) is 6.07 Å². The zero-order chi connectivity index (χ0) is 8.69. The molecule has 0 aliphatic heterocycles. The molecule has 0 aliphatic carbocycles. The van der Waals surface area contributed by atoms with Crippen LogP contribution in [-0.2, 0) is 4.84 Å². The quantitative estimate of drug-likeness (QED) is 0.419. The fourth-order valence-corrected chi connectivity index (χ4v) is 0.434. The van der Waals surface area contributed by atoms with Gasteiger partial charge in [-0.05, 0) is 0 Å². The predicted octanol–water partition coefficient (Wildman–Crippen LogP) is -0.742. The van der Waals surface area contributed by atoms with E-state index in [9.17, 15) is 5.21 Å². The second-order valence-corrected chi connectivity index (χ2v) is 1.94. The second kappa shape index (κ2) is 6.74. The molecule has 0 unspecified atom stereocenters. The molecule has 0 aromatic rings. The first kappa shape index (κ1) is 11.1. The smallest absolute Gasteiger partial charge is 0.143 e. The summed E-state index contributed by atoms with van der Waals surface area (Å²) in [6.07, 6.45) is 0. The third-order valence-electron chi connectivity index (χ3n) is 0.931. The zero-order valence-electron chi connectivity index (χ0n) is 6.16. The van der Waals surface area contributed by atoms with E-state index in [0.717, 1.165) is 0 Å². The Labute approximate surface area is 69.8 Å². The largest absolute Gasteiger partial charge is 0.756 e. The molecule has 0 aromatic heterocycles. The number of nitrogens with zero attached hydrogens (tertiary/aromatic N) is 2. The zero-order valence-corrected chi connectivity index (χ0v) is 6.91. The van der Waals surface area contributed by atoms with Crippen molar-refractivity contribution in [3.8, 4) is 0 Å². The van der Waals surface area contributed by atoms with Crippen molar-refractivity contribution in [1.29, 1.82) is 0 Å². The molecule has 11 heavy (non-hydrogen) atoms. The summed E-state index contributed by atoms with van der Waals surface area (Å²) in [5, 5.41) is 20.7. The highest BCUT2D eigenvalue weighted by Gasteiger charge is 1.97. The van der Waals surface area contributed by atoms with Crippen molar-refractivity contribution in [3.63, 3.8) is 0 Å². The first-order valence-corrected chi connectivity index (χ1v) is 3.48. The fraction of sp³-hybridized carbons (Fsp3) is 1.00. The van der Waals surface area contributed by atoms with Gasteiger partial charge in [0.25, 0.3) is 0 Å². The van der Waals surface area contributed by atoms with E-state index >= 15 is 0 Å². The molecule has 0 saturated heterocycles. The Kier molecular flexibility index (Phi) is 6.77. The van der Waals surface area contributed by atoms with Gasteiger partial charge in [0, 0.05) is 13.6 Å². The number of hydrogen-bond acceptors (Lipinski definition) is 6. The van der Waals surface area contributed by atoms with Gasteiger partial charge in [-0.25, -0.2) is 10.3 Å². The lowest BCUT2D eigenvalue weighted by Crippen LogP contribution is -2.45. The van der Waals surface area contributed by atoms with Crippen molar-refractivity contribution in [2.75, 3.05) is 26.3 Å². The van der Waals surface area contributed by atoms with Crippen molar-refractivity contribution in [2.24, 2.45) is 0 Å². The number of hydrogen-bond donors (Lipinski definition) is 2. The summed E-state index contributed by atoms with van der Waals surface area (Å²) in [7, 11) is 1.49. The topological polar surface area (TPSA) is 71.0 Å². The summed E-state index contributed by atoms with van der Waals surface area (Å²) in [6, 6.07) is -0.119. The number of halogens is 1. The molecule has 68 valence electrons. The SMILES string of the molecule is CN(CCO)N([O-])NOCCl. The first-order valence-electron chi connectivity index (χ1n) is 2.95. The Morgan fingerprint density at radius 2 is 2.36 bits per heavy atom. The summed E-state index contributed by atoms with van der Waals surface area (Å²) in [5.41, 5.74) is 1.98. The van der Waals surface area contributed by atoms with Crippen LogP contribution in [0, 0.1) is 5.21 Å². The fourth-order valence-electron chi connectivity index (χ4n) is 0.385. The first-order chi connectivity index (χ1) is 5.22. The highest BCUT2D eigenvalue weighted by Crippen LogP contribution is 1.86. The third kappa shape index (κ3) is 5.33. The number of hydrazine groups is 2. The van der Waals surface area contributed by atoms with Gasteiger partial charge in [-0.2, -0.15) is 0 Å². The number of aliphatic hydroxyl groups is 1. The van der Waals surface area contributed by atoms with Gasteiger partial charge < -0.3 is 10.3 Å². The molecule has 7 heteroatoms. The van der Waals surface area contributed by atoms with Crippen LogP contribution in [0.15, 0.2) is 0 Å². The summed E-state index contributed by atoms with van der Waals surface area (Å²) in [4.78, 5) is 4.37. The van der Waals surface area contributed by atoms with E-state index in [1.807, 2.05) is 5.59 Å². The maximum Gasteiger partial charge on any atom is 0.143 e. The van der Waals surface area contributed by atoms with Gasteiger partial charge in [-0.15, -0.1) is 5.59 Å². The normalized spacial score (nSPS) is 11.5. The van der Waals surface area contributed by atoms with Crippen LogP contribution in [0.5, 0.6) is 0 Å². The van der Waals surface area contributed by atoms with Crippen molar-refractivity contribution in [1.82, 2.24) is 15.9 Å². The van der Waals surface area contributed by atoms with Gasteiger partial charge >= 0.3 is 0 Å². The molecule has 0 fully saturated rings. The molecule has 0 rings (SSSR count). The number of nitrogens with one attached hydrogen (secondary N) is 1. The molecule has 2 N–H and O–H groups in total. The minimum atomic E-state index is -0.119. The van der Waals surface area contributed by atoms with E-state index in [2.05, 4.69) is 4.84 Å². The van der Waals surface area contributed by atoms with E-state index < -0.39 is 0 Å². The second-order valence-electron chi connectivity index (χ2n) is 1.72. The lowest BCUT2D eigenvalue weighted by atomic mass is 10.7. The van der Waals surface area contributed by atoms with E-state index in [4.69, 9.17) is 16.7 Å². The van der Waals surface area contributed by atoms with Gasteiger partial charge in [0.2, 0.25) is 0 Å². The lowest BCUT2D eigenvalue weighted by molar-refractivity contribution is -0.140. The van der Waals surface area contributed by atoms with E-state index in [1.54, 1.807) is 0 Å². The average Bonchev–Trinajstić information content (AvgIpc) is 2.00. The van der Waals surface area contributed by atoms with Crippen LogP contribution < -0.4 is 5.59 Å². The maximum absolute atomic E-state index is 10.7. The van der Waals surface area contributed by atoms with Gasteiger partial charge in [0.05, 0.1) is 6.61 Å². The molecular formula is C4H11ClN3O3-. The van der Waals surface area contributed by atoms with Crippen LogP contribution in [0.25, 0.3) is 0 Å². The predicted molar refractivity (Wildman–Crippen MR) is 39.9 cm³/mol. The van der Waals surface area contributed by atoms with E-state index in [-0.39, 0.29) is 19.2 Å². The Morgan fingerprint density at radius 3 is 2.82 bits per heavy atom. The summed E-state index contributed by atoms with van der Waals surface area (Å²) >= 11 is 5.11. The van der Waals surface area contributed by atoms with Crippen LogP contribution in [0.2, 0.25) is 0 Å². The molecule has 0 aliphatic rings. The van der Waals surface area contributed by atoms with Crippen molar-refractivity contribution >= 4 is 11.6 Å². The molecule has 0 radical (unpaired) electrons. The van der Waals surface area contributed by atoms with Crippen molar-refractivity contribution < 1.29 is 9.94 Å². The molecule has 0 heterocycles. The van der Waals surface area contributed by atoms with Crippen molar-refractivity contribution in [2.45, 2.75) is 0 Å². The minimum absolute atomic E-state index is 0.0994. The molecule has 0 aromatic carbocycles. The Balaban J connectivity index is 3.38. The molecule has 0 bridgehead atoms. The average molecular weight is 185 g/mol. The summed E-state index contributed by atoms with van der Waals surface area (Å²) in [5.74, 6) is 0. The Bertz CT molecular complexity index is 96.7.